The maximum absolute atomic E-state index is 12.3. The van der Waals surface area contributed by atoms with Gasteiger partial charge in [0.15, 0.2) is 0 Å². The first-order chi connectivity index (χ1) is 12.6. The van der Waals surface area contributed by atoms with Crippen LogP contribution in [0.3, 0.4) is 0 Å². The number of aliphatic hydroxyl groups excluding tert-OH is 1. The van der Waals surface area contributed by atoms with Gasteiger partial charge >= 0.3 is 0 Å². The zero-order valence-electron chi connectivity index (χ0n) is 13.9. The van der Waals surface area contributed by atoms with Crippen LogP contribution < -0.4 is 10.6 Å². The summed E-state index contributed by atoms with van der Waals surface area (Å²) in [5.74, 6) is -0.866. The number of carbonyl (C=O) groups excluding carboxylic acids is 2. The van der Waals surface area contributed by atoms with E-state index in [1.807, 2.05) is 11.4 Å². The summed E-state index contributed by atoms with van der Waals surface area (Å²) in [6.07, 6.45) is 3.75. The smallest absolute Gasteiger partial charge is 0.268 e. The Bertz CT molecular complexity index is 811. The average Bonchev–Trinajstić information content (AvgIpc) is 3.36. The third kappa shape index (κ3) is 4.28. The highest BCUT2D eigenvalue weighted by Crippen LogP contribution is 2.26. The molecule has 9 heteroatoms. The minimum atomic E-state index is -0.779. The predicted octanol–water partition coefficient (Wildman–Crippen LogP) is 0.571. The Labute approximate surface area is 154 Å². The third-order valence-corrected chi connectivity index (χ3v) is 5.23. The van der Waals surface area contributed by atoms with Crippen LogP contribution in [0.25, 0.3) is 0 Å². The van der Waals surface area contributed by atoms with Gasteiger partial charge in [0, 0.05) is 36.7 Å². The summed E-state index contributed by atoms with van der Waals surface area (Å²) in [7, 11) is 0. The molecule has 8 nitrogen and oxygen atoms in total. The van der Waals surface area contributed by atoms with Gasteiger partial charge in [0.1, 0.15) is 11.8 Å². The molecular formula is C17H19N5O3S. The quantitative estimate of drug-likeness (QED) is 0.588. The number of aromatic amines is 1. The zero-order chi connectivity index (χ0) is 18.5. The van der Waals surface area contributed by atoms with Crippen LogP contribution in [0.5, 0.6) is 0 Å². The molecule has 0 saturated heterocycles. The first-order valence-corrected chi connectivity index (χ1v) is 9.18. The van der Waals surface area contributed by atoms with Gasteiger partial charge in [-0.25, -0.2) is 4.98 Å². The SMILES string of the molecule is N#Cc1c[nH]c(C(=O)N[C@@H]2C[C@H](C(=O)NCCc3nccs3)C[C@H]2O)c1. The number of H-pyrrole nitrogens is 1. The fourth-order valence-corrected chi connectivity index (χ4v) is 3.65. The van der Waals surface area contributed by atoms with Crippen LogP contribution in [-0.4, -0.2) is 45.6 Å². The fraction of sp³-hybridized carbons (Fsp3) is 0.412. The molecule has 1 saturated carbocycles. The summed E-state index contributed by atoms with van der Waals surface area (Å²) in [6, 6.07) is 2.89. The van der Waals surface area contributed by atoms with Crippen molar-refractivity contribution in [3.63, 3.8) is 0 Å². The Kier molecular flexibility index (Phi) is 5.65. The fourth-order valence-electron chi connectivity index (χ4n) is 3.03. The molecule has 1 aliphatic carbocycles. The predicted molar refractivity (Wildman–Crippen MR) is 94.3 cm³/mol. The van der Waals surface area contributed by atoms with Crippen molar-refractivity contribution in [2.45, 2.75) is 31.4 Å². The van der Waals surface area contributed by atoms with Gasteiger partial charge in [-0.1, -0.05) is 0 Å². The molecule has 0 radical (unpaired) electrons. The normalized spacial score (nSPS) is 21.9. The molecule has 26 heavy (non-hydrogen) atoms. The van der Waals surface area contributed by atoms with Crippen LogP contribution in [0, 0.1) is 17.2 Å². The minimum absolute atomic E-state index is 0.121. The van der Waals surface area contributed by atoms with E-state index in [4.69, 9.17) is 5.26 Å². The number of carbonyl (C=O) groups is 2. The second-order valence-electron chi connectivity index (χ2n) is 6.20. The Morgan fingerprint density at radius 1 is 1.46 bits per heavy atom. The Hall–Kier alpha value is -2.70. The summed E-state index contributed by atoms with van der Waals surface area (Å²) in [5, 5.41) is 27.4. The highest BCUT2D eigenvalue weighted by Gasteiger charge is 2.37. The van der Waals surface area contributed by atoms with E-state index in [2.05, 4.69) is 20.6 Å². The Morgan fingerprint density at radius 3 is 3.00 bits per heavy atom. The zero-order valence-corrected chi connectivity index (χ0v) is 14.8. The third-order valence-electron chi connectivity index (χ3n) is 4.39. The van der Waals surface area contributed by atoms with E-state index >= 15 is 0 Å². The molecule has 4 N–H and O–H groups in total. The largest absolute Gasteiger partial charge is 0.391 e. The van der Waals surface area contributed by atoms with Gasteiger partial charge in [0.25, 0.3) is 5.91 Å². The van der Waals surface area contributed by atoms with Gasteiger partial charge in [0.05, 0.1) is 22.7 Å². The molecular weight excluding hydrogens is 354 g/mol. The number of hydrogen-bond donors (Lipinski definition) is 4. The molecule has 0 spiro atoms. The number of nitriles is 1. The van der Waals surface area contributed by atoms with Crippen molar-refractivity contribution in [1.82, 2.24) is 20.6 Å². The van der Waals surface area contributed by atoms with E-state index in [0.29, 0.717) is 31.4 Å². The molecule has 0 aromatic carbocycles. The summed E-state index contributed by atoms with van der Waals surface area (Å²) < 4.78 is 0. The second-order valence-corrected chi connectivity index (χ2v) is 7.18. The van der Waals surface area contributed by atoms with E-state index in [-0.39, 0.29) is 17.5 Å². The van der Waals surface area contributed by atoms with E-state index in [1.165, 1.54) is 12.3 Å². The Morgan fingerprint density at radius 2 is 2.31 bits per heavy atom. The van der Waals surface area contributed by atoms with Gasteiger partial charge in [-0.05, 0) is 18.9 Å². The first-order valence-electron chi connectivity index (χ1n) is 8.30. The molecule has 0 bridgehead atoms. The number of thiazole rings is 1. The highest BCUT2D eigenvalue weighted by atomic mass is 32.1. The molecule has 2 aromatic heterocycles. The lowest BCUT2D eigenvalue weighted by Crippen LogP contribution is -2.40. The molecule has 0 unspecified atom stereocenters. The number of rotatable bonds is 6. The van der Waals surface area contributed by atoms with E-state index in [1.54, 1.807) is 17.5 Å². The van der Waals surface area contributed by atoms with Crippen molar-refractivity contribution in [1.29, 1.82) is 5.26 Å². The van der Waals surface area contributed by atoms with Crippen LogP contribution in [0.1, 0.15) is 33.9 Å². The average molecular weight is 373 g/mol. The van der Waals surface area contributed by atoms with Crippen molar-refractivity contribution < 1.29 is 14.7 Å². The molecule has 136 valence electrons. The summed E-state index contributed by atoms with van der Waals surface area (Å²) in [5.41, 5.74) is 0.615. The minimum Gasteiger partial charge on any atom is -0.391 e. The summed E-state index contributed by atoms with van der Waals surface area (Å²) in [6.45, 7) is 0.495. The van der Waals surface area contributed by atoms with Crippen molar-refractivity contribution in [2.24, 2.45) is 5.92 Å². The lowest BCUT2D eigenvalue weighted by atomic mass is 10.1. The molecule has 1 fully saturated rings. The van der Waals surface area contributed by atoms with Crippen LogP contribution in [0.2, 0.25) is 0 Å². The lowest BCUT2D eigenvalue weighted by molar-refractivity contribution is -0.125. The maximum atomic E-state index is 12.3. The van der Waals surface area contributed by atoms with Gasteiger partial charge in [-0.2, -0.15) is 5.26 Å². The molecule has 2 aromatic rings. The standard InChI is InChI=1S/C17H19N5O3S/c18-8-10-5-13(21-9-10)17(25)22-12-6-11(7-14(12)23)16(24)20-2-1-15-19-3-4-26-15/h3-5,9,11-12,14,21,23H,1-2,6-7H2,(H,20,24)(H,22,25)/t11-,12+,14+/m0/s1. The number of amides is 2. The number of aliphatic hydroxyl groups is 1. The molecule has 0 aliphatic heterocycles. The van der Waals surface area contributed by atoms with Crippen molar-refractivity contribution in [3.05, 3.63) is 40.1 Å². The molecule has 1 aliphatic rings. The van der Waals surface area contributed by atoms with Gasteiger partial charge in [-0.15, -0.1) is 11.3 Å². The highest BCUT2D eigenvalue weighted by molar-refractivity contribution is 7.09. The van der Waals surface area contributed by atoms with Crippen molar-refractivity contribution >= 4 is 23.2 Å². The van der Waals surface area contributed by atoms with Crippen molar-refractivity contribution in [3.8, 4) is 6.07 Å². The monoisotopic (exact) mass is 373 g/mol. The van der Waals surface area contributed by atoms with Crippen LogP contribution in [0.4, 0.5) is 0 Å². The molecule has 3 rings (SSSR count). The van der Waals surface area contributed by atoms with Crippen LogP contribution >= 0.6 is 11.3 Å². The van der Waals surface area contributed by atoms with E-state index in [9.17, 15) is 14.7 Å². The van der Waals surface area contributed by atoms with Gasteiger partial charge in [-0.3, -0.25) is 9.59 Å². The van der Waals surface area contributed by atoms with Crippen LogP contribution in [-0.2, 0) is 11.2 Å². The topological polar surface area (TPSA) is 131 Å². The number of hydrogen-bond acceptors (Lipinski definition) is 6. The number of nitrogens with one attached hydrogen (secondary N) is 3. The second kappa shape index (κ2) is 8.12. The van der Waals surface area contributed by atoms with Gasteiger partial charge in [0.2, 0.25) is 5.91 Å². The van der Waals surface area contributed by atoms with E-state index in [0.717, 1.165) is 5.01 Å². The number of nitrogens with zero attached hydrogens (tertiary/aromatic N) is 2. The van der Waals surface area contributed by atoms with Crippen molar-refractivity contribution in [2.75, 3.05) is 6.54 Å². The Balaban J connectivity index is 1.48. The van der Waals surface area contributed by atoms with E-state index < -0.39 is 18.1 Å². The number of aromatic nitrogens is 2. The molecule has 3 atom stereocenters. The summed E-state index contributed by atoms with van der Waals surface area (Å²) in [4.78, 5) is 31.3. The first kappa shape index (κ1) is 18.1. The summed E-state index contributed by atoms with van der Waals surface area (Å²) >= 11 is 1.54. The molecule has 2 amide bonds. The molecule has 2 heterocycles. The maximum Gasteiger partial charge on any atom is 0.268 e. The lowest BCUT2D eigenvalue weighted by Gasteiger charge is -2.15. The van der Waals surface area contributed by atoms with Crippen LogP contribution in [0.15, 0.2) is 23.8 Å². The van der Waals surface area contributed by atoms with Gasteiger partial charge < -0.3 is 20.7 Å².